The summed E-state index contributed by atoms with van der Waals surface area (Å²) in [5.74, 6) is 1.41. The lowest BCUT2D eigenvalue weighted by Crippen LogP contribution is -2.29. The molecular formula is C16H22N4O. The molecule has 5 heteroatoms. The first-order valence-electron chi connectivity index (χ1n) is 7.40. The zero-order valence-corrected chi connectivity index (χ0v) is 12.9. The van der Waals surface area contributed by atoms with Gasteiger partial charge in [-0.05, 0) is 30.5 Å². The van der Waals surface area contributed by atoms with Crippen molar-refractivity contribution in [3.8, 4) is 0 Å². The van der Waals surface area contributed by atoms with Crippen LogP contribution < -0.4 is 10.6 Å². The Morgan fingerprint density at radius 1 is 1.33 bits per heavy atom. The number of nitrogens with two attached hydrogens (primary N) is 1. The maximum Gasteiger partial charge on any atom is 0.246 e. The molecule has 3 rings (SSSR count). The topological polar surface area (TPSA) is 68.2 Å². The summed E-state index contributed by atoms with van der Waals surface area (Å²) in [6.07, 6.45) is 2.14. The summed E-state index contributed by atoms with van der Waals surface area (Å²) in [5, 5.41) is 4.09. The smallest absolute Gasteiger partial charge is 0.246 e. The summed E-state index contributed by atoms with van der Waals surface area (Å²) < 4.78 is 5.41. The van der Waals surface area contributed by atoms with E-state index >= 15 is 0 Å². The summed E-state index contributed by atoms with van der Waals surface area (Å²) >= 11 is 0. The van der Waals surface area contributed by atoms with Gasteiger partial charge < -0.3 is 15.2 Å². The third-order valence-electron chi connectivity index (χ3n) is 3.85. The fourth-order valence-corrected chi connectivity index (χ4v) is 2.68. The molecule has 0 spiro atoms. The van der Waals surface area contributed by atoms with E-state index < -0.39 is 0 Å². The third kappa shape index (κ3) is 2.73. The quantitative estimate of drug-likeness (QED) is 0.860. The molecule has 1 aliphatic heterocycles. The Hall–Kier alpha value is -2.04. The Morgan fingerprint density at radius 3 is 2.86 bits per heavy atom. The molecule has 2 heterocycles. The van der Waals surface area contributed by atoms with Crippen LogP contribution in [0.1, 0.15) is 44.5 Å². The molecule has 0 unspecified atom stereocenters. The molecule has 112 valence electrons. The predicted octanol–water partition coefficient (Wildman–Crippen LogP) is 2.90. The first-order chi connectivity index (χ1) is 9.95. The number of aromatic nitrogens is 2. The molecule has 0 saturated heterocycles. The van der Waals surface area contributed by atoms with E-state index in [1.54, 1.807) is 0 Å². The highest BCUT2D eigenvalue weighted by molar-refractivity contribution is 5.66. The lowest BCUT2D eigenvalue weighted by Gasteiger charge is -2.30. The molecule has 0 radical (unpaired) electrons. The minimum absolute atomic E-state index is 0.0913. The van der Waals surface area contributed by atoms with Crippen LogP contribution in [0.25, 0.3) is 0 Å². The second kappa shape index (κ2) is 5.06. The van der Waals surface area contributed by atoms with Gasteiger partial charge in [-0.1, -0.05) is 32.0 Å². The largest absolute Gasteiger partial charge is 0.398 e. The van der Waals surface area contributed by atoms with Crippen LogP contribution in [0.2, 0.25) is 0 Å². The number of rotatable bonds is 2. The summed E-state index contributed by atoms with van der Waals surface area (Å²) in [7, 11) is 0. The second-order valence-corrected chi connectivity index (χ2v) is 6.63. The Kier molecular flexibility index (Phi) is 3.35. The van der Waals surface area contributed by atoms with E-state index in [9.17, 15) is 0 Å². The zero-order valence-electron chi connectivity index (χ0n) is 12.9. The van der Waals surface area contributed by atoms with Gasteiger partial charge in [0.15, 0.2) is 5.82 Å². The standard InChI is InChI=1S/C16H22N4O/c1-16(2,3)15-18-14(21-19-15)10-20-9-5-6-11-12(17)7-4-8-13(11)20/h4,7-8H,5-6,9-10,17H2,1-3H3. The van der Waals surface area contributed by atoms with Crippen LogP contribution in [0.5, 0.6) is 0 Å². The van der Waals surface area contributed by atoms with Crippen molar-refractivity contribution in [2.45, 2.75) is 45.6 Å². The number of hydrogen-bond acceptors (Lipinski definition) is 5. The fraction of sp³-hybridized carbons (Fsp3) is 0.500. The highest BCUT2D eigenvalue weighted by atomic mass is 16.5. The monoisotopic (exact) mass is 286 g/mol. The molecule has 0 aliphatic carbocycles. The van der Waals surface area contributed by atoms with Gasteiger partial charge in [-0.25, -0.2) is 0 Å². The van der Waals surface area contributed by atoms with Gasteiger partial charge in [0, 0.05) is 23.3 Å². The lowest BCUT2D eigenvalue weighted by atomic mass is 9.96. The average Bonchev–Trinajstić information content (AvgIpc) is 2.89. The molecule has 2 N–H and O–H groups in total. The van der Waals surface area contributed by atoms with E-state index in [-0.39, 0.29) is 5.41 Å². The summed E-state index contributed by atoms with van der Waals surface area (Å²) in [6.45, 7) is 7.87. The summed E-state index contributed by atoms with van der Waals surface area (Å²) in [6, 6.07) is 6.08. The Labute approximate surface area is 125 Å². The van der Waals surface area contributed by atoms with E-state index in [2.05, 4.69) is 41.9 Å². The van der Waals surface area contributed by atoms with Crippen molar-refractivity contribution in [1.82, 2.24) is 10.1 Å². The van der Waals surface area contributed by atoms with Gasteiger partial charge in [-0.2, -0.15) is 4.98 Å². The van der Waals surface area contributed by atoms with E-state index in [1.165, 1.54) is 11.3 Å². The summed E-state index contributed by atoms with van der Waals surface area (Å²) in [5.41, 5.74) is 9.29. The van der Waals surface area contributed by atoms with Crippen molar-refractivity contribution in [2.24, 2.45) is 0 Å². The molecule has 0 atom stereocenters. The number of anilines is 2. The van der Waals surface area contributed by atoms with Gasteiger partial charge in [0.25, 0.3) is 0 Å². The van der Waals surface area contributed by atoms with Crippen LogP contribution in [0.3, 0.4) is 0 Å². The maximum absolute atomic E-state index is 6.08. The molecule has 0 fully saturated rings. The summed E-state index contributed by atoms with van der Waals surface area (Å²) in [4.78, 5) is 6.79. The number of nitrogen functional groups attached to an aromatic ring is 1. The molecule has 1 aromatic heterocycles. The van der Waals surface area contributed by atoms with E-state index in [4.69, 9.17) is 10.3 Å². The van der Waals surface area contributed by atoms with Crippen LogP contribution >= 0.6 is 0 Å². The number of fused-ring (bicyclic) bond motifs is 1. The molecular weight excluding hydrogens is 264 g/mol. The van der Waals surface area contributed by atoms with E-state index in [0.29, 0.717) is 12.4 Å². The first kappa shape index (κ1) is 13.9. The highest BCUT2D eigenvalue weighted by Gasteiger charge is 2.24. The van der Waals surface area contributed by atoms with Gasteiger partial charge in [-0.15, -0.1) is 0 Å². The molecule has 5 nitrogen and oxygen atoms in total. The molecule has 0 saturated carbocycles. The van der Waals surface area contributed by atoms with E-state index in [0.717, 1.165) is 30.9 Å². The van der Waals surface area contributed by atoms with Gasteiger partial charge >= 0.3 is 0 Å². The molecule has 0 amide bonds. The average molecular weight is 286 g/mol. The Bertz CT molecular complexity index is 642. The highest BCUT2D eigenvalue weighted by Crippen LogP contribution is 2.32. The van der Waals surface area contributed by atoms with Gasteiger partial charge in [0.2, 0.25) is 5.89 Å². The van der Waals surface area contributed by atoms with Crippen molar-refractivity contribution in [1.29, 1.82) is 0 Å². The number of hydrogen-bond donors (Lipinski definition) is 1. The minimum Gasteiger partial charge on any atom is -0.398 e. The van der Waals surface area contributed by atoms with Crippen LogP contribution in [-0.4, -0.2) is 16.7 Å². The number of nitrogens with zero attached hydrogens (tertiary/aromatic N) is 3. The fourth-order valence-electron chi connectivity index (χ4n) is 2.68. The first-order valence-corrected chi connectivity index (χ1v) is 7.40. The van der Waals surface area contributed by atoms with Crippen molar-refractivity contribution >= 4 is 11.4 Å². The molecule has 21 heavy (non-hydrogen) atoms. The predicted molar refractivity (Wildman–Crippen MR) is 83.2 cm³/mol. The van der Waals surface area contributed by atoms with Crippen LogP contribution in [-0.2, 0) is 18.4 Å². The van der Waals surface area contributed by atoms with Gasteiger partial charge in [-0.3, -0.25) is 0 Å². The normalized spacial score (nSPS) is 15.1. The van der Waals surface area contributed by atoms with Crippen LogP contribution in [0.15, 0.2) is 22.7 Å². The van der Waals surface area contributed by atoms with Crippen LogP contribution in [0.4, 0.5) is 11.4 Å². The van der Waals surface area contributed by atoms with Crippen molar-refractivity contribution in [3.05, 3.63) is 35.5 Å². The molecule has 0 bridgehead atoms. The Balaban J connectivity index is 1.84. The van der Waals surface area contributed by atoms with E-state index in [1.807, 2.05) is 12.1 Å². The SMILES string of the molecule is CC(C)(C)c1noc(CN2CCCc3c(N)cccc32)n1. The Morgan fingerprint density at radius 2 is 2.14 bits per heavy atom. The maximum atomic E-state index is 6.08. The van der Waals surface area contributed by atoms with Gasteiger partial charge in [0.05, 0.1) is 6.54 Å². The molecule has 1 aliphatic rings. The minimum atomic E-state index is -0.0913. The van der Waals surface area contributed by atoms with Crippen molar-refractivity contribution < 1.29 is 4.52 Å². The second-order valence-electron chi connectivity index (χ2n) is 6.63. The zero-order chi connectivity index (χ0) is 15.0. The molecule has 1 aromatic carbocycles. The molecule has 2 aromatic rings. The van der Waals surface area contributed by atoms with Gasteiger partial charge in [0.1, 0.15) is 0 Å². The number of benzene rings is 1. The van der Waals surface area contributed by atoms with Crippen molar-refractivity contribution in [2.75, 3.05) is 17.2 Å². The van der Waals surface area contributed by atoms with Crippen LogP contribution in [0, 0.1) is 0 Å². The lowest BCUT2D eigenvalue weighted by molar-refractivity contribution is 0.360. The van der Waals surface area contributed by atoms with Crippen molar-refractivity contribution in [3.63, 3.8) is 0 Å². The third-order valence-corrected chi connectivity index (χ3v) is 3.85.